The first kappa shape index (κ1) is 22.5. The molecule has 4 rings (SSSR count). The highest BCUT2D eigenvalue weighted by Gasteiger charge is 2.22. The molecule has 0 aliphatic carbocycles. The summed E-state index contributed by atoms with van der Waals surface area (Å²) in [6, 6.07) is 18.1. The molecular weight excluding hydrogens is 422 g/mol. The monoisotopic (exact) mass is 453 g/mol. The lowest BCUT2D eigenvalue weighted by atomic mass is 9.89. The molecule has 2 aromatic carbocycles. The minimum absolute atomic E-state index is 0.434. The largest absolute Gasteiger partial charge is 0.297 e. The van der Waals surface area contributed by atoms with Crippen LogP contribution in [-0.4, -0.2) is 46.7 Å². The minimum atomic E-state index is -3.33. The van der Waals surface area contributed by atoms with Crippen LogP contribution in [0.3, 0.4) is 0 Å². The van der Waals surface area contributed by atoms with E-state index in [1.54, 1.807) is 13.8 Å². The first-order chi connectivity index (χ1) is 15.4. The summed E-state index contributed by atoms with van der Waals surface area (Å²) >= 11 is 0. The van der Waals surface area contributed by atoms with E-state index >= 15 is 0 Å². The molecule has 7 nitrogen and oxygen atoms in total. The summed E-state index contributed by atoms with van der Waals surface area (Å²) in [7, 11) is -3.33. The Hall–Kier alpha value is -2.71. The Labute approximate surface area is 190 Å². The fourth-order valence-electron chi connectivity index (χ4n) is 4.05. The number of aromatic nitrogens is 3. The zero-order chi connectivity index (χ0) is 22.6. The second-order valence-corrected chi connectivity index (χ2v) is 11.0. The lowest BCUT2D eigenvalue weighted by Gasteiger charge is -2.31. The number of nitrogens with one attached hydrogen (secondary N) is 1. The van der Waals surface area contributed by atoms with Crippen LogP contribution in [0.25, 0.3) is 0 Å². The van der Waals surface area contributed by atoms with Gasteiger partial charge < -0.3 is 0 Å². The van der Waals surface area contributed by atoms with E-state index in [9.17, 15) is 8.42 Å². The van der Waals surface area contributed by atoms with Gasteiger partial charge in [-0.15, -0.1) is 5.10 Å². The maximum atomic E-state index is 12.2. The summed E-state index contributed by atoms with van der Waals surface area (Å²) in [5.41, 5.74) is 4.04. The van der Waals surface area contributed by atoms with Gasteiger partial charge in [-0.05, 0) is 69.0 Å². The lowest BCUT2D eigenvalue weighted by molar-refractivity contribution is 0.202. The van der Waals surface area contributed by atoms with Crippen LogP contribution in [0.5, 0.6) is 0 Å². The van der Waals surface area contributed by atoms with Crippen molar-refractivity contribution >= 4 is 15.7 Å². The van der Waals surface area contributed by atoms with E-state index in [4.69, 9.17) is 0 Å². The summed E-state index contributed by atoms with van der Waals surface area (Å²) < 4.78 is 28.9. The van der Waals surface area contributed by atoms with E-state index in [1.807, 2.05) is 47.3 Å². The zero-order valence-electron chi connectivity index (χ0n) is 18.7. The van der Waals surface area contributed by atoms with E-state index in [2.05, 4.69) is 38.1 Å². The van der Waals surface area contributed by atoms with Crippen LogP contribution in [0.4, 0.5) is 5.69 Å². The van der Waals surface area contributed by atoms with Gasteiger partial charge in [-0.25, -0.2) is 13.1 Å². The van der Waals surface area contributed by atoms with E-state index in [0.29, 0.717) is 11.6 Å². The fraction of sp³-hybridized carbons (Fsp3) is 0.417. The molecular formula is C24H31N5O2S. The minimum Gasteiger partial charge on any atom is -0.297 e. The van der Waals surface area contributed by atoms with Crippen molar-refractivity contribution < 1.29 is 8.42 Å². The van der Waals surface area contributed by atoms with Crippen molar-refractivity contribution in [2.45, 2.75) is 50.9 Å². The average molecular weight is 454 g/mol. The van der Waals surface area contributed by atoms with E-state index in [-0.39, 0.29) is 0 Å². The number of sulfonamides is 1. The first-order valence-corrected chi connectivity index (χ1v) is 12.7. The highest BCUT2D eigenvalue weighted by molar-refractivity contribution is 7.93. The van der Waals surface area contributed by atoms with Gasteiger partial charge in [0.05, 0.1) is 23.7 Å². The van der Waals surface area contributed by atoms with Crippen molar-refractivity contribution in [2.24, 2.45) is 0 Å². The number of hydrogen-bond donors (Lipinski definition) is 1. The molecule has 8 heteroatoms. The standard InChI is InChI=1S/C24H31N5O2S/c1-19(2)32(30,31)26-23-10-6-9-22(15-23)21-11-13-28(14-12-21)17-24-18-29(27-25-24)16-20-7-4-3-5-8-20/h3-10,15,18-19,21,26H,11-14,16-17H2,1-2H3. The van der Waals surface area contributed by atoms with Crippen molar-refractivity contribution in [2.75, 3.05) is 17.8 Å². The Morgan fingerprint density at radius 2 is 1.78 bits per heavy atom. The predicted octanol–water partition coefficient (Wildman–Crippen LogP) is 3.86. The summed E-state index contributed by atoms with van der Waals surface area (Å²) in [4.78, 5) is 2.42. The molecule has 0 spiro atoms. The van der Waals surface area contributed by atoms with Crippen LogP contribution in [-0.2, 0) is 23.1 Å². The summed E-state index contributed by atoms with van der Waals surface area (Å²) in [6.07, 6.45) is 4.11. The van der Waals surface area contributed by atoms with Gasteiger partial charge in [0.15, 0.2) is 0 Å². The molecule has 0 unspecified atom stereocenters. The van der Waals surface area contributed by atoms with E-state index in [1.165, 1.54) is 11.1 Å². The molecule has 1 aromatic heterocycles. The summed E-state index contributed by atoms with van der Waals surface area (Å²) in [6.45, 7) is 6.86. The molecule has 0 radical (unpaired) electrons. The van der Waals surface area contributed by atoms with Gasteiger partial charge in [-0.1, -0.05) is 47.7 Å². The van der Waals surface area contributed by atoms with Crippen molar-refractivity contribution in [1.29, 1.82) is 0 Å². The third-order valence-electron chi connectivity index (χ3n) is 5.99. The number of anilines is 1. The Balaban J connectivity index is 1.31. The normalized spacial score (nSPS) is 15.8. The Morgan fingerprint density at radius 3 is 2.50 bits per heavy atom. The molecule has 0 saturated carbocycles. The smallest absolute Gasteiger partial charge is 0.235 e. The molecule has 0 atom stereocenters. The number of benzene rings is 2. The van der Waals surface area contributed by atoms with Gasteiger partial charge in [-0.2, -0.15) is 0 Å². The van der Waals surface area contributed by atoms with Crippen LogP contribution < -0.4 is 4.72 Å². The third kappa shape index (κ3) is 5.75. The van der Waals surface area contributed by atoms with Gasteiger partial charge in [0.2, 0.25) is 10.0 Å². The first-order valence-electron chi connectivity index (χ1n) is 11.2. The summed E-state index contributed by atoms with van der Waals surface area (Å²) in [5, 5.41) is 8.17. The predicted molar refractivity (Wildman–Crippen MR) is 127 cm³/mol. The molecule has 1 aliphatic heterocycles. The number of hydrogen-bond acceptors (Lipinski definition) is 5. The maximum absolute atomic E-state index is 12.2. The highest BCUT2D eigenvalue weighted by Crippen LogP contribution is 2.30. The topological polar surface area (TPSA) is 80.1 Å². The molecule has 0 amide bonds. The Bertz CT molecular complexity index is 1120. The van der Waals surface area contributed by atoms with Crippen molar-refractivity contribution in [3.8, 4) is 0 Å². The van der Waals surface area contributed by atoms with Gasteiger partial charge in [0.25, 0.3) is 0 Å². The third-order valence-corrected chi connectivity index (χ3v) is 7.75. The number of rotatable bonds is 8. The average Bonchev–Trinajstić information content (AvgIpc) is 3.21. The molecule has 1 N–H and O–H groups in total. The van der Waals surface area contributed by atoms with Crippen LogP contribution in [0.2, 0.25) is 0 Å². The second kappa shape index (κ2) is 9.83. The van der Waals surface area contributed by atoms with Crippen molar-refractivity contribution in [3.63, 3.8) is 0 Å². The quantitative estimate of drug-likeness (QED) is 0.560. The maximum Gasteiger partial charge on any atom is 0.235 e. The number of piperidine rings is 1. The molecule has 1 aliphatic rings. The van der Waals surface area contributed by atoms with Crippen LogP contribution >= 0.6 is 0 Å². The SMILES string of the molecule is CC(C)S(=O)(=O)Nc1cccc(C2CCN(Cc3cn(Cc4ccccc4)nn3)CC2)c1. The van der Waals surface area contributed by atoms with Gasteiger partial charge >= 0.3 is 0 Å². The van der Waals surface area contributed by atoms with Crippen LogP contribution in [0, 0.1) is 0 Å². The van der Waals surface area contributed by atoms with E-state index < -0.39 is 15.3 Å². The van der Waals surface area contributed by atoms with E-state index in [0.717, 1.165) is 44.7 Å². The molecule has 2 heterocycles. The summed E-state index contributed by atoms with van der Waals surface area (Å²) in [5.74, 6) is 0.434. The van der Waals surface area contributed by atoms with Gasteiger partial charge in [0.1, 0.15) is 0 Å². The van der Waals surface area contributed by atoms with Crippen molar-refractivity contribution in [1.82, 2.24) is 19.9 Å². The lowest BCUT2D eigenvalue weighted by Crippen LogP contribution is -2.32. The fourth-order valence-corrected chi connectivity index (χ4v) is 4.74. The number of likely N-dealkylation sites (tertiary alicyclic amines) is 1. The second-order valence-electron chi connectivity index (χ2n) is 8.76. The Kier molecular flexibility index (Phi) is 6.91. The highest BCUT2D eigenvalue weighted by atomic mass is 32.2. The molecule has 1 fully saturated rings. The van der Waals surface area contributed by atoms with Crippen molar-refractivity contribution in [3.05, 3.63) is 77.6 Å². The molecule has 0 bridgehead atoms. The molecule has 1 saturated heterocycles. The molecule has 3 aromatic rings. The zero-order valence-corrected chi connectivity index (χ0v) is 19.5. The Morgan fingerprint density at radius 1 is 1.03 bits per heavy atom. The van der Waals surface area contributed by atoms with Crippen LogP contribution in [0.15, 0.2) is 60.8 Å². The molecule has 32 heavy (non-hydrogen) atoms. The van der Waals surface area contributed by atoms with Crippen LogP contribution in [0.1, 0.15) is 49.4 Å². The van der Waals surface area contributed by atoms with Gasteiger partial charge in [0, 0.05) is 12.2 Å². The van der Waals surface area contributed by atoms with Gasteiger partial charge in [-0.3, -0.25) is 9.62 Å². The molecule has 170 valence electrons. The number of nitrogens with zero attached hydrogens (tertiary/aromatic N) is 4.